The lowest BCUT2D eigenvalue weighted by molar-refractivity contribution is -0.157. The van der Waals surface area contributed by atoms with E-state index in [0.717, 1.165) is 77.2 Å². The summed E-state index contributed by atoms with van der Waals surface area (Å²) in [5.41, 5.74) is 0. The number of allylic oxidation sites excluding steroid dienone is 1. The lowest BCUT2D eigenvalue weighted by Gasteiger charge is -2.26. The first-order valence-electron chi connectivity index (χ1n) is 15.9. The Morgan fingerprint density at radius 3 is 2.10 bits per heavy atom. The van der Waals surface area contributed by atoms with Crippen LogP contribution in [0.25, 0.3) is 0 Å². The summed E-state index contributed by atoms with van der Waals surface area (Å²) in [6.07, 6.45) is 19.7. The molecular weight excluding hydrogens is 510 g/mol. The Labute approximate surface area is 243 Å². The van der Waals surface area contributed by atoms with Gasteiger partial charge in [0.25, 0.3) is 0 Å². The summed E-state index contributed by atoms with van der Waals surface area (Å²) in [4.78, 5) is 36.6. The molecule has 0 amide bonds. The second-order valence-electron chi connectivity index (χ2n) is 10.9. The Morgan fingerprint density at radius 1 is 0.800 bits per heavy atom. The quantitative estimate of drug-likeness (QED) is 0.0599. The fourth-order valence-electron chi connectivity index (χ4n) is 4.59. The highest BCUT2D eigenvalue weighted by Crippen LogP contribution is 2.16. The number of esters is 2. The molecule has 234 valence electrons. The Morgan fingerprint density at radius 2 is 1.43 bits per heavy atom. The van der Waals surface area contributed by atoms with Gasteiger partial charge < -0.3 is 19.7 Å². The van der Waals surface area contributed by atoms with Crippen molar-refractivity contribution in [3.05, 3.63) is 12.2 Å². The minimum atomic E-state index is -0.749. The number of carboxylic acids is 1. The summed E-state index contributed by atoms with van der Waals surface area (Å²) in [6.45, 7) is 7.29. The van der Waals surface area contributed by atoms with E-state index in [1.165, 1.54) is 32.6 Å². The highest BCUT2D eigenvalue weighted by atomic mass is 16.6. The third kappa shape index (κ3) is 25.1. The van der Waals surface area contributed by atoms with Crippen LogP contribution < -0.4 is 0 Å². The molecule has 0 rings (SSSR count). The average Bonchev–Trinajstić information content (AvgIpc) is 2.90. The number of unbranched alkanes of at least 4 members (excludes halogenated alkanes) is 12. The molecule has 0 radical (unpaired) electrons. The zero-order valence-electron chi connectivity index (χ0n) is 25.7. The van der Waals surface area contributed by atoms with Crippen LogP contribution >= 0.6 is 0 Å². The molecule has 8 heteroatoms. The highest BCUT2D eigenvalue weighted by molar-refractivity contribution is 5.72. The fraction of sp³-hybridized carbons (Fsp3) is 0.844. The van der Waals surface area contributed by atoms with E-state index in [4.69, 9.17) is 14.6 Å². The van der Waals surface area contributed by atoms with Crippen molar-refractivity contribution in [1.82, 2.24) is 4.90 Å². The minimum absolute atomic E-state index is 0.121. The van der Waals surface area contributed by atoms with Crippen LogP contribution in [0.4, 0.5) is 0 Å². The van der Waals surface area contributed by atoms with Gasteiger partial charge in [-0.25, -0.2) is 0 Å². The molecule has 2 atom stereocenters. The standard InChI is InChI=1S/C32H59NO7/c1-4-6-8-9-16-20-24-33(25-26-39-28(3)34)27-32(38)40-30(22-17-7-5-2)29(35)21-18-14-12-10-11-13-15-19-23-31(36)37/h14,18,29-30,35H,4-13,15-17,19-27H2,1-3H3,(H,36,37)/b18-14-. The number of nitrogens with zero attached hydrogens (tertiary/aromatic N) is 1. The van der Waals surface area contributed by atoms with E-state index in [2.05, 4.69) is 19.9 Å². The zero-order valence-corrected chi connectivity index (χ0v) is 25.7. The Kier molecular flexibility index (Phi) is 25.9. The smallest absolute Gasteiger partial charge is 0.320 e. The van der Waals surface area contributed by atoms with Crippen molar-refractivity contribution in [3.63, 3.8) is 0 Å². The second-order valence-corrected chi connectivity index (χ2v) is 10.9. The molecule has 0 aromatic carbocycles. The van der Waals surface area contributed by atoms with E-state index in [0.29, 0.717) is 19.4 Å². The highest BCUT2D eigenvalue weighted by Gasteiger charge is 2.23. The van der Waals surface area contributed by atoms with Crippen LogP contribution in [0.3, 0.4) is 0 Å². The molecule has 2 N–H and O–H groups in total. The molecule has 0 aromatic rings. The van der Waals surface area contributed by atoms with Gasteiger partial charge in [-0.3, -0.25) is 19.3 Å². The Bertz CT molecular complexity index is 668. The van der Waals surface area contributed by atoms with Crippen LogP contribution in [0.15, 0.2) is 12.2 Å². The van der Waals surface area contributed by atoms with Gasteiger partial charge in [-0.2, -0.15) is 0 Å². The summed E-state index contributed by atoms with van der Waals surface area (Å²) < 4.78 is 10.9. The maximum atomic E-state index is 12.9. The molecule has 0 fully saturated rings. The second kappa shape index (κ2) is 27.3. The Balaban J connectivity index is 4.67. The number of carboxylic acid groups (broad SMARTS) is 1. The van der Waals surface area contributed by atoms with E-state index in [1.807, 2.05) is 11.0 Å². The monoisotopic (exact) mass is 569 g/mol. The van der Waals surface area contributed by atoms with E-state index in [9.17, 15) is 19.5 Å². The first-order chi connectivity index (χ1) is 19.3. The number of hydrogen-bond donors (Lipinski definition) is 2. The van der Waals surface area contributed by atoms with Gasteiger partial charge in [0.15, 0.2) is 0 Å². The maximum Gasteiger partial charge on any atom is 0.320 e. The van der Waals surface area contributed by atoms with Crippen LogP contribution in [-0.2, 0) is 23.9 Å². The van der Waals surface area contributed by atoms with Crippen LogP contribution in [0, 0.1) is 0 Å². The van der Waals surface area contributed by atoms with Gasteiger partial charge in [-0.15, -0.1) is 0 Å². The number of hydrogen-bond acceptors (Lipinski definition) is 7. The van der Waals surface area contributed by atoms with Crippen LogP contribution in [0.5, 0.6) is 0 Å². The number of carbonyl (C=O) groups is 3. The maximum absolute atomic E-state index is 12.9. The number of ether oxygens (including phenoxy) is 2. The topological polar surface area (TPSA) is 113 Å². The SMILES string of the molecule is CCCCCCCCN(CCOC(C)=O)CC(=O)OC(CCCCC)C(O)C/C=C\CCCCCCCC(=O)O. The molecule has 0 saturated carbocycles. The van der Waals surface area contributed by atoms with Gasteiger partial charge in [0.1, 0.15) is 12.7 Å². The molecule has 0 aliphatic heterocycles. The van der Waals surface area contributed by atoms with Crippen molar-refractivity contribution in [1.29, 1.82) is 0 Å². The molecule has 0 saturated heterocycles. The van der Waals surface area contributed by atoms with Crippen molar-refractivity contribution >= 4 is 17.9 Å². The molecule has 0 aliphatic rings. The largest absolute Gasteiger partial charge is 0.481 e. The molecule has 40 heavy (non-hydrogen) atoms. The van der Waals surface area contributed by atoms with E-state index in [1.54, 1.807) is 0 Å². The van der Waals surface area contributed by atoms with Crippen LogP contribution in [0.2, 0.25) is 0 Å². The lowest BCUT2D eigenvalue weighted by atomic mass is 10.0. The Hall–Kier alpha value is -1.93. The number of aliphatic hydroxyl groups excluding tert-OH is 1. The third-order valence-electron chi connectivity index (χ3n) is 7.00. The summed E-state index contributed by atoms with van der Waals surface area (Å²) >= 11 is 0. The molecule has 0 aromatic heterocycles. The number of rotatable bonds is 28. The fourth-order valence-corrected chi connectivity index (χ4v) is 4.59. The summed E-state index contributed by atoms with van der Waals surface area (Å²) in [6, 6.07) is 0. The number of carbonyl (C=O) groups excluding carboxylic acids is 2. The van der Waals surface area contributed by atoms with Gasteiger partial charge in [0.05, 0.1) is 12.6 Å². The van der Waals surface area contributed by atoms with Gasteiger partial charge >= 0.3 is 17.9 Å². The number of aliphatic hydroxyl groups is 1. The van der Waals surface area contributed by atoms with Gasteiger partial charge in [0.2, 0.25) is 0 Å². The summed E-state index contributed by atoms with van der Waals surface area (Å²) in [5.74, 6) is -1.41. The third-order valence-corrected chi connectivity index (χ3v) is 7.00. The molecule has 0 bridgehead atoms. The van der Waals surface area contributed by atoms with Crippen LogP contribution in [0.1, 0.15) is 136 Å². The molecule has 0 spiro atoms. The molecule has 8 nitrogen and oxygen atoms in total. The molecule has 2 unspecified atom stereocenters. The average molecular weight is 570 g/mol. The van der Waals surface area contributed by atoms with Gasteiger partial charge in [-0.05, 0) is 51.5 Å². The van der Waals surface area contributed by atoms with E-state index < -0.39 is 18.2 Å². The van der Waals surface area contributed by atoms with Crippen LogP contribution in [-0.4, -0.2) is 71.5 Å². The van der Waals surface area contributed by atoms with E-state index >= 15 is 0 Å². The lowest BCUT2D eigenvalue weighted by Crippen LogP contribution is -2.38. The van der Waals surface area contributed by atoms with E-state index in [-0.39, 0.29) is 31.5 Å². The van der Waals surface area contributed by atoms with Gasteiger partial charge in [-0.1, -0.05) is 90.2 Å². The zero-order chi connectivity index (χ0) is 29.8. The first-order valence-corrected chi connectivity index (χ1v) is 15.9. The number of aliphatic carboxylic acids is 1. The molecule has 0 aliphatic carbocycles. The molecule has 0 heterocycles. The van der Waals surface area contributed by atoms with Gasteiger partial charge in [0, 0.05) is 19.9 Å². The summed E-state index contributed by atoms with van der Waals surface area (Å²) in [7, 11) is 0. The van der Waals surface area contributed by atoms with Crippen molar-refractivity contribution in [2.24, 2.45) is 0 Å². The first kappa shape index (κ1) is 38.1. The van der Waals surface area contributed by atoms with Crippen molar-refractivity contribution in [2.75, 3.05) is 26.2 Å². The summed E-state index contributed by atoms with van der Waals surface area (Å²) in [5, 5.41) is 19.5. The van der Waals surface area contributed by atoms with Crippen molar-refractivity contribution in [2.45, 2.75) is 149 Å². The minimum Gasteiger partial charge on any atom is -0.481 e. The molecular formula is C32H59NO7. The van der Waals surface area contributed by atoms with Crippen molar-refractivity contribution in [3.8, 4) is 0 Å². The van der Waals surface area contributed by atoms with Crippen molar-refractivity contribution < 1.29 is 34.1 Å². The normalized spacial score (nSPS) is 13.0. The predicted molar refractivity (Wildman–Crippen MR) is 160 cm³/mol. The predicted octanol–water partition coefficient (Wildman–Crippen LogP) is 6.83.